The number of furan rings is 1. The summed E-state index contributed by atoms with van der Waals surface area (Å²) in [6.45, 7) is -0.346. The molecule has 0 atom stereocenters. The summed E-state index contributed by atoms with van der Waals surface area (Å²) in [5.74, 6) is -1.91. The molecule has 1 aromatic heterocycles. The molecule has 0 fully saturated rings. The van der Waals surface area contributed by atoms with Crippen molar-refractivity contribution in [2.24, 2.45) is 0 Å². The fraction of sp³-hybridized carbons (Fsp3) is 0.214. The molecular formula is C28H25F2NO6. The third kappa shape index (κ3) is 6.13. The van der Waals surface area contributed by atoms with Gasteiger partial charge in [-0.1, -0.05) is 30.3 Å². The Hall–Kier alpha value is -4.24. The standard InChI is InChI=1S/C28H25F2NO6/c1-35-23-14-17(7-8-24(33)31-9-10-32)13-22-25(26(37-27(22)23)19-5-3-2-4-6-19)28(34)36-16-18-11-20(29)15-21(30)12-18/h2-6,11-15,32H,7-10,16H2,1H3,(H,31,33). The van der Waals surface area contributed by atoms with Gasteiger partial charge >= 0.3 is 5.97 Å². The van der Waals surface area contributed by atoms with Crippen LogP contribution in [0, 0.1) is 11.6 Å². The molecule has 2 N–H and O–H groups in total. The van der Waals surface area contributed by atoms with Gasteiger partial charge in [-0.2, -0.15) is 0 Å². The van der Waals surface area contributed by atoms with Gasteiger partial charge in [-0.15, -0.1) is 0 Å². The number of hydrogen-bond acceptors (Lipinski definition) is 6. The Kier molecular flexibility index (Phi) is 8.15. The number of hydrogen-bond donors (Lipinski definition) is 2. The van der Waals surface area contributed by atoms with Crippen molar-refractivity contribution in [1.29, 1.82) is 0 Å². The second kappa shape index (κ2) is 11.7. The van der Waals surface area contributed by atoms with Crippen LogP contribution in [-0.2, 0) is 22.6 Å². The molecular weight excluding hydrogens is 484 g/mol. The second-order valence-electron chi connectivity index (χ2n) is 8.27. The molecule has 3 aromatic carbocycles. The van der Waals surface area contributed by atoms with E-state index in [0.717, 1.165) is 18.2 Å². The molecule has 192 valence electrons. The summed E-state index contributed by atoms with van der Waals surface area (Å²) in [6.07, 6.45) is 0.495. The Bertz CT molecular complexity index is 1400. The molecule has 9 heteroatoms. The first kappa shape index (κ1) is 25.8. The van der Waals surface area contributed by atoms with Crippen molar-refractivity contribution in [1.82, 2.24) is 5.32 Å². The molecule has 0 unspecified atom stereocenters. The summed E-state index contributed by atoms with van der Waals surface area (Å²) < 4.78 is 44.3. The van der Waals surface area contributed by atoms with Gasteiger partial charge in [0.1, 0.15) is 29.6 Å². The number of fused-ring (bicyclic) bond motifs is 1. The fourth-order valence-corrected chi connectivity index (χ4v) is 3.97. The van der Waals surface area contributed by atoms with Gasteiger partial charge in [0.25, 0.3) is 0 Å². The number of halogens is 2. The third-order valence-corrected chi connectivity index (χ3v) is 5.64. The maximum absolute atomic E-state index is 13.6. The Morgan fingerprint density at radius 2 is 1.73 bits per heavy atom. The highest BCUT2D eigenvalue weighted by Crippen LogP contribution is 2.39. The van der Waals surface area contributed by atoms with E-state index in [4.69, 9.17) is 19.0 Å². The van der Waals surface area contributed by atoms with Crippen LogP contribution in [0.5, 0.6) is 5.75 Å². The number of methoxy groups -OCH3 is 1. The topological polar surface area (TPSA) is 98.0 Å². The van der Waals surface area contributed by atoms with Gasteiger partial charge in [0, 0.05) is 30.0 Å². The number of aliphatic hydroxyl groups is 1. The van der Waals surface area contributed by atoms with Crippen LogP contribution < -0.4 is 10.1 Å². The first-order valence-electron chi connectivity index (χ1n) is 11.6. The summed E-state index contributed by atoms with van der Waals surface area (Å²) >= 11 is 0. The molecule has 0 aliphatic rings. The number of esters is 1. The maximum atomic E-state index is 13.6. The quantitative estimate of drug-likeness (QED) is 0.299. The van der Waals surface area contributed by atoms with Gasteiger partial charge in [-0.3, -0.25) is 4.79 Å². The molecule has 0 saturated carbocycles. The molecule has 0 saturated heterocycles. The first-order chi connectivity index (χ1) is 17.9. The zero-order valence-corrected chi connectivity index (χ0v) is 20.1. The Labute approximate surface area is 211 Å². The predicted octanol–water partition coefficient (Wildman–Crippen LogP) is 4.78. The van der Waals surface area contributed by atoms with E-state index in [1.807, 2.05) is 6.07 Å². The molecule has 0 bridgehead atoms. The third-order valence-electron chi connectivity index (χ3n) is 5.64. The van der Waals surface area contributed by atoms with E-state index >= 15 is 0 Å². The molecule has 1 amide bonds. The monoisotopic (exact) mass is 509 g/mol. The molecule has 0 spiro atoms. The van der Waals surface area contributed by atoms with Gasteiger partial charge in [0.2, 0.25) is 5.91 Å². The Balaban J connectivity index is 1.73. The maximum Gasteiger partial charge on any atom is 0.343 e. The van der Waals surface area contributed by atoms with Gasteiger partial charge in [0.15, 0.2) is 11.3 Å². The predicted molar refractivity (Wildman–Crippen MR) is 132 cm³/mol. The molecule has 0 aliphatic heterocycles. The van der Waals surface area contributed by atoms with Crippen LogP contribution in [0.2, 0.25) is 0 Å². The zero-order valence-electron chi connectivity index (χ0n) is 20.1. The normalized spacial score (nSPS) is 10.9. The minimum atomic E-state index is -0.776. The number of carbonyl (C=O) groups is 2. The molecule has 4 aromatic rings. The van der Waals surface area contributed by atoms with Crippen molar-refractivity contribution in [3.63, 3.8) is 0 Å². The number of rotatable bonds is 10. The summed E-state index contributed by atoms with van der Waals surface area (Å²) in [5, 5.41) is 11.9. The largest absolute Gasteiger partial charge is 0.493 e. The molecule has 7 nitrogen and oxygen atoms in total. The van der Waals surface area contributed by atoms with Crippen LogP contribution in [0.4, 0.5) is 8.78 Å². The zero-order chi connectivity index (χ0) is 26.4. The average molecular weight is 510 g/mol. The van der Waals surface area contributed by atoms with Gasteiger partial charge in [-0.25, -0.2) is 13.6 Å². The number of ether oxygens (including phenoxy) is 2. The van der Waals surface area contributed by atoms with E-state index in [2.05, 4.69) is 5.32 Å². The Morgan fingerprint density at radius 3 is 2.41 bits per heavy atom. The van der Waals surface area contributed by atoms with E-state index in [0.29, 0.717) is 34.3 Å². The minimum Gasteiger partial charge on any atom is -0.493 e. The number of benzene rings is 3. The Morgan fingerprint density at radius 1 is 1.00 bits per heavy atom. The molecule has 0 aliphatic carbocycles. The average Bonchev–Trinajstić information content (AvgIpc) is 3.28. The van der Waals surface area contributed by atoms with E-state index in [1.165, 1.54) is 7.11 Å². The highest BCUT2D eigenvalue weighted by atomic mass is 19.1. The molecule has 4 rings (SSSR count). The lowest BCUT2D eigenvalue weighted by molar-refractivity contribution is -0.121. The summed E-state index contributed by atoms with van der Waals surface area (Å²) in [6, 6.07) is 15.3. The van der Waals surface area contributed by atoms with E-state index in [1.54, 1.807) is 36.4 Å². The summed E-state index contributed by atoms with van der Waals surface area (Å²) in [7, 11) is 1.47. The van der Waals surface area contributed by atoms with Gasteiger partial charge in [-0.05, 0) is 41.8 Å². The van der Waals surface area contributed by atoms with Crippen LogP contribution in [0.1, 0.15) is 27.9 Å². The lowest BCUT2D eigenvalue weighted by Crippen LogP contribution is -2.26. The number of aryl methyl sites for hydroxylation is 1. The van der Waals surface area contributed by atoms with Crippen LogP contribution >= 0.6 is 0 Å². The van der Waals surface area contributed by atoms with E-state index in [-0.39, 0.29) is 49.0 Å². The van der Waals surface area contributed by atoms with Crippen LogP contribution in [0.25, 0.3) is 22.3 Å². The van der Waals surface area contributed by atoms with Crippen molar-refractivity contribution in [3.05, 3.63) is 89.0 Å². The van der Waals surface area contributed by atoms with Crippen LogP contribution in [0.3, 0.4) is 0 Å². The fourth-order valence-electron chi connectivity index (χ4n) is 3.97. The number of carbonyl (C=O) groups excluding carboxylic acids is 2. The van der Waals surface area contributed by atoms with Gasteiger partial charge < -0.3 is 24.3 Å². The number of amides is 1. The van der Waals surface area contributed by atoms with E-state index in [9.17, 15) is 18.4 Å². The molecule has 37 heavy (non-hydrogen) atoms. The summed E-state index contributed by atoms with van der Waals surface area (Å²) in [5.41, 5.74) is 1.94. The lowest BCUT2D eigenvalue weighted by Gasteiger charge is -2.08. The molecule has 1 heterocycles. The van der Waals surface area contributed by atoms with Crippen LogP contribution in [-0.4, -0.2) is 37.2 Å². The van der Waals surface area contributed by atoms with Crippen molar-refractivity contribution >= 4 is 22.8 Å². The van der Waals surface area contributed by atoms with Gasteiger partial charge in [0.05, 0.1) is 13.7 Å². The molecule has 0 radical (unpaired) electrons. The highest BCUT2D eigenvalue weighted by Gasteiger charge is 2.26. The van der Waals surface area contributed by atoms with E-state index < -0.39 is 17.6 Å². The van der Waals surface area contributed by atoms with Crippen molar-refractivity contribution in [3.8, 4) is 17.1 Å². The minimum absolute atomic E-state index is 0.128. The van der Waals surface area contributed by atoms with Crippen LogP contribution in [0.15, 0.2) is 65.1 Å². The van der Waals surface area contributed by atoms with Crippen molar-refractivity contribution < 1.29 is 37.4 Å². The first-order valence-corrected chi connectivity index (χ1v) is 11.6. The second-order valence-corrected chi connectivity index (χ2v) is 8.27. The van der Waals surface area contributed by atoms with Crippen molar-refractivity contribution in [2.45, 2.75) is 19.4 Å². The lowest BCUT2D eigenvalue weighted by atomic mass is 10.0. The number of aliphatic hydroxyl groups excluding tert-OH is 1. The SMILES string of the molecule is COc1cc(CCC(=O)NCCO)cc2c(C(=O)OCc3cc(F)cc(F)c3)c(-c3ccccc3)oc12. The summed E-state index contributed by atoms with van der Waals surface area (Å²) in [4.78, 5) is 25.4. The van der Waals surface area contributed by atoms with Crippen molar-refractivity contribution in [2.75, 3.05) is 20.3 Å². The smallest absolute Gasteiger partial charge is 0.343 e. The highest BCUT2D eigenvalue weighted by molar-refractivity contribution is 6.10. The number of nitrogens with one attached hydrogen (secondary N) is 1.